The number of ether oxygens (including phenoxy) is 1. The molecule has 28 heavy (non-hydrogen) atoms. The first kappa shape index (κ1) is 19.8. The average molecular weight is 406 g/mol. The van der Waals surface area contributed by atoms with Gasteiger partial charge in [0.1, 0.15) is 5.75 Å². The minimum absolute atomic E-state index is 0.243. The first-order chi connectivity index (χ1) is 13.3. The molecule has 0 spiro atoms. The maximum atomic E-state index is 12.5. The summed E-state index contributed by atoms with van der Waals surface area (Å²) in [6.45, 7) is -0.328. The second-order valence-corrected chi connectivity index (χ2v) is 6.33. The summed E-state index contributed by atoms with van der Waals surface area (Å²) in [5.74, 6) is -0.174. The molecule has 0 atom stereocenters. The molecule has 0 saturated heterocycles. The highest BCUT2D eigenvalue weighted by Gasteiger charge is 2.29. The molecule has 0 aliphatic rings. The Bertz CT molecular complexity index is 958. The van der Waals surface area contributed by atoms with Crippen molar-refractivity contribution < 1.29 is 22.7 Å². The standard InChI is InChI=1S/C21H15ClF3NO2/c22-18-12-15(14-4-2-1-3-5-14)6-11-19(18)28-13-20(27)26-17-9-7-16(8-10-17)21(23,24)25/h1-12H,13H2,(H,26,27). The van der Waals surface area contributed by atoms with Crippen LogP contribution < -0.4 is 10.1 Å². The van der Waals surface area contributed by atoms with E-state index in [4.69, 9.17) is 16.3 Å². The topological polar surface area (TPSA) is 38.3 Å². The quantitative estimate of drug-likeness (QED) is 0.561. The number of rotatable bonds is 5. The Balaban J connectivity index is 1.59. The predicted molar refractivity (Wildman–Crippen MR) is 102 cm³/mol. The third-order valence-corrected chi connectivity index (χ3v) is 4.19. The van der Waals surface area contributed by atoms with Crippen LogP contribution in [0, 0.1) is 0 Å². The molecule has 144 valence electrons. The lowest BCUT2D eigenvalue weighted by atomic mass is 10.1. The molecule has 0 aliphatic heterocycles. The summed E-state index contributed by atoms with van der Waals surface area (Å²) in [6.07, 6.45) is -4.42. The number of nitrogens with one attached hydrogen (secondary N) is 1. The van der Waals surface area contributed by atoms with Crippen LogP contribution in [0.2, 0.25) is 5.02 Å². The summed E-state index contributed by atoms with van der Waals surface area (Å²) in [6, 6.07) is 19.0. The van der Waals surface area contributed by atoms with Crippen LogP contribution in [0.5, 0.6) is 5.75 Å². The van der Waals surface area contributed by atoms with Crippen molar-refractivity contribution in [1.29, 1.82) is 0 Å². The maximum absolute atomic E-state index is 12.5. The zero-order valence-electron chi connectivity index (χ0n) is 14.5. The molecule has 0 fully saturated rings. The van der Waals surface area contributed by atoms with Crippen molar-refractivity contribution in [2.75, 3.05) is 11.9 Å². The molecule has 3 rings (SSSR count). The van der Waals surface area contributed by atoms with Gasteiger partial charge in [0.05, 0.1) is 10.6 Å². The number of anilines is 1. The molecule has 0 aliphatic carbocycles. The molecule has 1 N–H and O–H groups in total. The van der Waals surface area contributed by atoms with Crippen LogP contribution in [0.3, 0.4) is 0 Å². The molecule has 7 heteroatoms. The fraction of sp³-hybridized carbons (Fsp3) is 0.0952. The van der Waals surface area contributed by atoms with E-state index in [9.17, 15) is 18.0 Å². The van der Waals surface area contributed by atoms with E-state index in [0.29, 0.717) is 10.8 Å². The van der Waals surface area contributed by atoms with E-state index >= 15 is 0 Å². The van der Waals surface area contributed by atoms with Gasteiger partial charge < -0.3 is 10.1 Å². The molecule has 3 nitrogen and oxygen atoms in total. The summed E-state index contributed by atoms with van der Waals surface area (Å²) < 4.78 is 43.1. The number of benzene rings is 3. The Hall–Kier alpha value is -2.99. The number of carbonyl (C=O) groups excluding carboxylic acids is 1. The summed E-state index contributed by atoms with van der Waals surface area (Å²) in [7, 11) is 0. The molecule has 0 bridgehead atoms. The lowest BCUT2D eigenvalue weighted by Crippen LogP contribution is -2.20. The van der Waals surface area contributed by atoms with Crippen LogP contribution in [0.25, 0.3) is 11.1 Å². The fourth-order valence-corrected chi connectivity index (χ4v) is 2.75. The summed E-state index contributed by atoms with van der Waals surface area (Å²) in [4.78, 5) is 12.0. The first-order valence-electron chi connectivity index (χ1n) is 8.28. The van der Waals surface area contributed by atoms with Crippen LogP contribution in [-0.4, -0.2) is 12.5 Å². The molecular weight excluding hydrogens is 391 g/mol. The van der Waals surface area contributed by atoms with Crippen molar-refractivity contribution in [2.45, 2.75) is 6.18 Å². The highest BCUT2D eigenvalue weighted by Crippen LogP contribution is 2.31. The van der Waals surface area contributed by atoms with Gasteiger partial charge in [0.15, 0.2) is 6.61 Å². The summed E-state index contributed by atoms with van der Waals surface area (Å²) in [5.41, 5.74) is 1.36. The van der Waals surface area contributed by atoms with Gasteiger partial charge in [-0.25, -0.2) is 0 Å². The monoisotopic (exact) mass is 405 g/mol. The molecule has 0 radical (unpaired) electrons. The highest BCUT2D eigenvalue weighted by atomic mass is 35.5. The Morgan fingerprint density at radius 2 is 1.61 bits per heavy atom. The molecule has 3 aromatic carbocycles. The number of hydrogen-bond acceptors (Lipinski definition) is 2. The van der Waals surface area contributed by atoms with E-state index in [1.54, 1.807) is 12.1 Å². The van der Waals surface area contributed by atoms with E-state index in [-0.39, 0.29) is 12.3 Å². The third-order valence-electron chi connectivity index (χ3n) is 3.89. The Labute approximate surface area is 164 Å². The van der Waals surface area contributed by atoms with Crippen molar-refractivity contribution >= 4 is 23.2 Å². The molecule has 0 unspecified atom stereocenters. The van der Waals surface area contributed by atoms with Gasteiger partial charge in [-0.3, -0.25) is 4.79 Å². The Kier molecular flexibility index (Phi) is 5.90. The van der Waals surface area contributed by atoms with E-state index in [0.717, 1.165) is 23.3 Å². The van der Waals surface area contributed by atoms with Crippen LogP contribution in [0.15, 0.2) is 72.8 Å². The van der Waals surface area contributed by atoms with Crippen molar-refractivity contribution in [3.63, 3.8) is 0 Å². The molecular formula is C21H15ClF3NO2. The summed E-state index contributed by atoms with van der Waals surface area (Å²) >= 11 is 6.22. The largest absolute Gasteiger partial charge is 0.482 e. The molecule has 3 aromatic rings. The van der Waals surface area contributed by atoms with Gasteiger partial charge in [0, 0.05) is 5.69 Å². The van der Waals surface area contributed by atoms with Gasteiger partial charge >= 0.3 is 6.18 Å². The van der Waals surface area contributed by atoms with E-state index in [1.165, 1.54) is 12.1 Å². The Morgan fingerprint density at radius 3 is 2.21 bits per heavy atom. The number of amides is 1. The third kappa shape index (κ3) is 5.04. The van der Waals surface area contributed by atoms with E-state index in [2.05, 4.69) is 5.32 Å². The minimum Gasteiger partial charge on any atom is -0.482 e. The molecule has 0 heterocycles. The smallest absolute Gasteiger partial charge is 0.416 e. The minimum atomic E-state index is -4.42. The van der Waals surface area contributed by atoms with Gasteiger partial charge in [0.25, 0.3) is 5.91 Å². The number of carbonyl (C=O) groups is 1. The van der Waals surface area contributed by atoms with Crippen LogP contribution in [0.4, 0.5) is 18.9 Å². The van der Waals surface area contributed by atoms with Crippen LogP contribution in [-0.2, 0) is 11.0 Å². The van der Waals surface area contributed by atoms with E-state index < -0.39 is 17.6 Å². The van der Waals surface area contributed by atoms with Gasteiger partial charge in [-0.05, 0) is 47.5 Å². The zero-order valence-corrected chi connectivity index (χ0v) is 15.2. The molecule has 0 saturated carbocycles. The van der Waals surface area contributed by atoms with Crippen molar-refractivity contribution in [1.82, 2.24) is 0 Å². The van der Waals surface area contributed by atoms with Crippen molar-refractivity contribution in [2.24, 2.45) is 0 Å². The van der Waals surface area contributed by atoms with Gasteiger partial charge in [0.2, 0.25) is 0 Å². The summed E-state index contributed by atoms with van der Waals surface area (Å²) in [5, 5.41) is 2.82. The Morgan fingerprint density at radius 1 is 0.929 bits per heavy atom. The lowest BCUT2D eigenvalue weighted by molar-refractivity contribution is -0.137. The second-order valence-electron chi connectivity index (χ2n) is 5.92. The number of alkyl halides is 3. The van der Waals surface area contributed by atoms with Crippen LogP contribution in [0.1, 0.15) is 5.56 Å². The zero-order chi connectivity index (χ0) is 20.1. The van der Waals surface area contributed by atoms with Crippen molar-refractivity contribution in [3.8, 4) is 16.9 Å². The van der Waals surface area contributed by atoms with Gasteiger partial charge in [-0.1, -0.05) is 48.0 Å². The first-order valence-corrected chi connectivity index (χ1v) is 8.65. The maximum Gasteiger partial charge on any atom is 0.416 e. The average Bonchev–Trinajstić information content (AvgIpc) is 2.67. The lowest BCUT2D eigenvalue weighted by Gasteiger charge is -2.11. The van der Waals surface area contributed by atoms with Gasteiger partial charge in [-0.15, -0.1) is 0 Å². The predicted octanol–water partition coefficient (Wildman–Crippen LogP) is 6.04. The SMILES string of the molecule is O=C(COc1ccc(-c2ccccc2)cc1Cl)Nc1ccc(C(F)(F)F)cc1. The molecule has 0 aromatic heterocycles. The van der Waals surface area contributed by atoms with E-state index in [1.807, 2.05) is 36.4 Å². The van der Waals surface area contributed by atoms with Gasteiger partial charge in [-0.2, -0.15) is 13.2 Å². The second kappa shape index (κ2) is 8.35. The van der Waals surface area contributed by atoms with Crippen LogP contribution >= 0.6 is 11.6 Å². The molecule has 1 amide bonds. The highest BCUT2D eigenvalue weighted by molar-refractivity contribution is 6.32. The number of halogens is 4. The normalized spacial score (nSPS) is 11.1. The van der Waals surface area contributed by atoms with Crippen molar-refractivity contribution in [3.05, 3.63) is 83.4 Å². The fourth-order valence-electron chi connectivity index (χ4n) is 2.51. The number of hydrogen-bond donors (Lipinski definition) is 1.